The summed E-state index contributed by atoms with van der Waals surface area (Å²) in [5.74, 6) is -1.32. The molecular weight excluding hydrogens is 316 g/mol. The number of ether oxygens (including phenoxy) is 1. The van der Waals surface area contributed by atoms with Gasteiger partial charge in [-0.2, -0.15) is 5.26 Å². The molecule has 1 saturated heterocycles. The highest BCUT2D eigenvalue weighted by Crippen LogP contribution is 2.19. The molecule has 1 aliphatic rings. The highest BCUT2D eigenvalue weighted by molar-refractivity contribution is 5.42. The summed E-state index contributed by atoms with van der Waals surface area (Å²) in [6, 6.07) is 5.96. The lowest BCUT2D eigenvalue weighted by Crippen LogP contribution is -2.34. The first kappa shape index (κ1) is 16.1. The van der Waals surface area contributed by atoms with Gasteiger partial charge in [0.2, 0.25) is 0 Å². The smallest absolute Gasteiger partial charge is 0.258 e. The first-order valence-electron chi connectivity index (χ1n) is 7.58. The van der Waals surface area contributed by atoms with Gasteiger partial charge in [0.25, 0.3) is 5.56 Å². The van der Waals surface area contributed by atoms with E-state index in [2.05, 4.69) is 5.32 Å². The van der Waals surface area contributed by atoms with Gasteiger partial charge in [0.1, 0.15) is 29.6 Å². The third kappa shape index (κ3) is 3.29. The summed E-state index contributed by atoms with van der Waals surface area (Å²) in [4.78, 5) is 12.2. The lowest BCUT2D eigenvalue weighted by molar-refractivity contribution is 0.162. The fourth-order valence-corrected chi connectivity index (χ4v) is 2.65. The van der Waals surface area contributed by atoms with E-state index in [-0.39, 0.29) is 11.8 Å². The van der Waals surface area contributed by atoms with E-state index in [1.165, 1.54) is 12.3 Å². The van der Waals surface area contributed by atoms with Crippen molar-refractivity contribution in [3.8, 4) is 17.5 Å². The zero-order valence-electron chi connectivity index (χ0n) is 12.8. The molecule has 2 aromatic rings. The lowest BCUT2D eigenvalue weighted by atomic mass is 10.1. The maximum Gasteiger partial charge on any atom is 0.258 e. The normalized spacial score (nSPS) is 15.0. The summed E-state index contributed by atoms with van der Waals surface area (Å²) in [5, 5.41) is 11.9. The minimum atomic E-state index is -0.879. The molecule has 1 aliphatic heterocycles. The van der Waals surface area contributed by atoms with Gasteiger partial charge in [-0.15, -0.1) is 0 Å². The van der Waals surface area contributed by atoms with Crippen molar-refractivity contribution >= 4 is 0 Å². The van der Waals surface area contributed by atoms with Crippen LogP contribution in [-0.2, 0) is 0 Å². The Labute approximate surface area is 137 Å². The zero-order chi connectivity index (χ0) is 17.1. The molecule has 1 fully saturated rings. The first-order chi connectivity index (χ1) is 11.6. The van der Waals surface area contributed by atoms with Crippen LogP contribution in [0.4, 0.5) is 8.78 Å². The molecule has 0 aliphatic carbocycles. The van der Waals surface area contributed by atoms with Gasteiger partial charge in [-0.05, 0) is 38.1 Å². The summed E-state index contributed by atoms with van der Waals surface area (Å²) in [7, 11) is 0. The molecule has 0 amide bonds. The molecule has 2 heterocycles. The molecule has 3 rings (SSSR count). The Bertz CT molecular complexity index is 852. The molecule has 0 unspecified atom stereocenters. The fraction of sp³-hybridized carbons (Fsp3) is 0.294. The number of halogens is 2. The summed E-state index contributed by atoms with van der Waals surface area (Å²) in [6.45, 7) is 1.72. The lowest BCUT2D eigenvalue weighted by Gasteiger charge is -2.23. The molecular formula is C17H15F2N3O2. The van der Waals surface area contributed by atoms with Crippen LogP contribution in [0.25, 0.3) is 5.69 Å². The van der Waals surface area contributed by atoms with Crippen LogP contribution >= 0.6 is 0 Å². The molecule has 0 atom stereocenters. The van der Waals surface area contributed by atoms with Gasteiger partial charge in [0.05, 0.1) is 11.3 Å². The van der Waals surface area contributed by atoms with Gasteiger partial charge in [0, 0.05) is 18.3 Å². The Balaban J connectivity index is 1.89. The highest BCUT2D eigenvalue weighted by Gasteiger charge is 2.16. The van der Waals surface area contributed by atoms with Gasteiger partial charge < -0.3 is 10.1 Å². The number of pyridine rings is 1. The van der Waals surface area contributed by atoms with Gasteiger partial charge in [0.15, 0.2) is 0 Å². The highest BCUT2D eigenvalue weighted by atomic mass is 19.1. The number of hydrogen-bond donors (Lipinski definition) is 1. The minimum absolute atomic E-state index is 0.0330. The van der Waals surface area contributed by atoms with Gasteiger partial charge in [-0.1, -0.05) is 0 Å². The largest absolute Gasteiger partial charge is 0.490 e. The minimum Gasteiger partial charge on any atom is -0.490 e. The Morgan fingerprint density at radius 2 is 1.96 bits per heavy atom. The first-order valence-corrected chi connectivity index (χ1v) is 7.58. The number of nitriles is 1. The third-order valence-corrected chi connectivity index (χ3v) is 3.90. The number of aromatic nitrogens is 1. The number of nitrogens with zero attached hydrogens (tertiary/aromatic N) is 2. The van der Waals surface area contributed by atoms with E-state index in [0.717, 1.165) is 42.6 Å². The second-order valence-corrected chi connectivity index (χ2v) is 5.53. The van der Waals surface area contributed by atoms with Crippen molar-refractivity contribution < 1.29 is 13.5 Å². The van der Waals surface area contributed by atoms with E-state index in [0.29, 0.717) is 5.75 Å². The van der Waals surface area contributed by atoms with Crippen molar-refractivity contribution in [3.63, 3.8) is 0 Å². The second-order valence-electron chi connectivity index (χ2n) is 5.53. The molecule has 0 spiro atoms. The van der Waals surface area contributed by atoms with Crippen molar-refractivity contribution in [2.24, 2.45) is 0 Å². The molecule has 124 valence electrons. The monoisotopic (exact) mass is 331 g/mol. The number of nitrogens with one attached hydrogen (secondary N) is 1. The molecule has 5 nitrogen and oxygen atoms in total. The van der Waals surface area contributed by atoms with Gasteiger partial charge >= 0.3 is 0 Å². The molecule has 1 N–H and O–H groups in total. The van der Waals surface area contributed by atoms with Crippen molar-refractivity contribution in [1.29, 1.82) is 5.26 Å². The van der Waals surface area contributed by atoms with Gasteiger partial charge in [-0.25, -0.2) is 8.78 Å². The average Bonchev–Trinajstić information content (AvgIpc) is 2.58. The van der Waals surface area contributed by atoms with Crippen molar-refractivity contribution in [3.05, 3.63) is 58.0 Å². The predicted molar refractivity (Wildman–Crippen MR) is 83.2 cm³/mol. The number of hydrogen-bond acceptors (Lipinski definition) is 4. The standard InChI is InChI=1S/C17H15F2N3O2/c18-14-9-16(15(19)7-11(14)10-20)22-6-3-13(8-17(22)23)24-12-1-4-21-5-2-12/h3,6-9,12,21H,1-2,4-5H2. The molecule has 0 radical (unpaired) electrons. The molecule has 0 saturated carbocycles. The molecule has 0 bridgehead atoms. The topological polar surface area (TPSA) is 67.1 Å². The summed E-state index contributed by atoms with van der Waals surface area (Å²) in [5.41, 5.74) is -1.19. The maximum absolute atomic E-state index is 14.0. The van der Waals surface area contributed by atoms with Crippen LogP contribution in [-0.4, -0.2) is 23.8 Å². The van der Waals surface area contributed by atoms with E-state index in [1.807, 2.05) is 0 Å². The van der Waals surface area contributed by atoms with Crippen LogP contribution < -0.4 is 15.6 Å². The Kier molecular flexibility index (Phi) is 4.58. The van der Waals surface area contributed by atoms with E-state index < -0.39 is 22.8 Å². The maximum atomic E-state index is 14.0. The quantitative estimate of drug-likeness (QED) is 0.935. The fourth-order valence-electron chi connectivity index (χ4n) is 2.65. The molecule has 24 heavy (non-hydrogen) atoms. The van der Waals surface area contributed by atoms with Crippen LogP contribution in [0.3, 0.4) is 0 Å². The molecule has 7 heteroatoms. The van der Waals surface area contributed by atoms with Crippen molar-refractivity contribution in [2.45, 2.75) is 18.9 Å². The Hall–Kier alpha value is -2.72. The second kappa shape index (κ2) is 6.81. The van der Waals surface area contributed by atoms with Crippen LogP contribution in [0.15, 0.2) is 35.3 Å². The van der Waals surface area contributed by atoms with E-state index in [9.17, 15) is 13.6 Å². The van der Waals surface area contributed by atoms with Crippen LogP contribution in [0, 0.1) is 23.0 Å². The summed E-state index contributed by atoms with van der Waals surface area (Å²) < 4.78 is 34.5. The Morgan fingerprint density at radius 3 is 2.62 bits per heavy atom. The molecule has 1 aromatic carbocycles. The number of benzene rings is 1. The van der Waals surface area contributed by atoms with E-state index in [4.69, 9.17) is 10.00 Å². The third-order valence-electron chi connectivity index (χ3n) is 3.90. The SMILES string of the molecule is N#Cc1cc(F)c(-n2ccc(OC3CCNCC3)cc2=O)cc1F. The van der Waals surface area contributed by atoms with Crippen LogP contribution in [0.2, 0.25) is 0 Å². The average molecular weight is 331 g/mol. The van der Waals surface area contributed by atoms with E-state index in [1.54, 1.807) is 12.1 Å². The van der Waals surface area contributed by atoms with Crippen LogP contribution in [0.1, 0.15) is 18.4 Å². The summed E-state index contributed by atoms with van der Waals surface area (Å²) >= 11 is 0. The van der Waals surface area contributed by atoms with Crippen molar-refractivity contribution in [2.75, 3.05) is 13.1 Å². The number of rotatable bonds is 3. The van der Waals surface area contributed by atoms with Gasteiger partial charge in [-0.3, -0.25) is 9.36 Å². The predicted octanol–water partition coefficient (Wildman–Crippen LogP) is 2.12. The molecule has 1 aromatic heterocycles. The van der Waals surface area contributed by atoms with E-state index >= 15 is 0 Å². The Morgan fingerprint density at radius 1 is 1.21 bits per heavy atom. The zero-order valence-corrected chi connectivity index (χ0v) is 12.8. The summed E-state index contributed by atoms with van der Waals surface area (Å²) in [6.07, 6.45) is 3.06. The van der Waals surface area contributed by atoms with Crippen LogP contribution in [0.5, 0.6) is 5.75 Å². The number of piperidine rings is 1. The van der Waals surface area contributed by atoms with Crippen molar-refractivity contribution in [1.82, 2.24) is 9.88 Å².